The molecule has 6 nitrogen and oxygen atoms in total. The van der Waals surface area contributed by atoms with Crippen LogP contribution >= 0.6 is 11.8 Å². The van der Waals surface area contributed by atoms with Crippen molar-refractivity contribution in [2.75, 3.05) is 29.2 Å². The predicted octanol–water partition coefficient (Wildman–Crippen LogP) is 4.15. The van der Waals surface area contributed by atoms with Crippen LogP contribution in [0.25, 0.3) is 10.9 Å². The SMILES string of the molecule is COc1cc(NS(C)(=O)=O)ccc1Nc1c2c(nc3ccccc13)CCSC2. The molecule has 0 bridgehead atoms. The molecule has 0 aliphatic carbocycles. The number of sulfonamides is 1. The van der Waals surface area contributed by atoms with Gasteiger partial charge in [0.25, 0.3) is 0 Å². The molecule has 146 valence electrons. The Labute approximate surface area is 168 Å². The molecule has 2 aromatic carbocycles. The molecule has 8 heteroatoms. The van der Waals surface area contributed by atoms with Crippen LogP contribution in [0.4, 0.5) is 17.1 Å². The monoisotopic (exact) mass is 415 g/mol. The summed E-state index contributed by atoms with van der Waals surface area (Å²) in [5.41, 5.74) is 5.59. The molecule has 0 radical (unpaired) electrons. The Balaban J connectivity index is 1.80. The van der Waals surface area contributed by atoms with Crippen molar-refractivity contribution >= 4 is 49.8 Å². The molecular formula is C20H21N3O3S2. The highest BCUT2D eigenvalue weighted by molar-refractivity contribution is 7.98. The number of thioether (sulfide) groups is 1. The van der Waals surface area contributed by atoms with Crippen molar-refractivity contribution in [1.82, 2.24) is 4.98 Å². The number of anilines is 3. The van der Waals surface area contributed by atoms with E-state index in [0.717, 1.165) is 52.2 Å². The Morgan fingerprint density at radius 3 is 2.79 bits per heavy atom. The highest BCUT2D eigenvalue weighted by atomic mass is 32.2. The number of fused-ring (bicyclic) bond motifs is 2. The van der Waals surface area contributed by atoms with Gasteiger partial charge >= 0.3 is 0 Å². The number of methoxy groups -OCH3 is 1. The van der Waals surface area contributed by atoms with Gasteiger partial charge in [-0.25, -0.2) is 8.42 Å². The Morgan fingerprint density at radius 2 is 2.00 bits per heavy atom. The summed E-state index contributed by atoms with van der Waals surface area (Å²) in [7, 11) is -1.78. The maximum absolute atomic E-state index is 11.5. The zero-order chi connectivity index (χ0) is 19.7. The first-order valence-corrected chi connectivity index (χ1v) is 11.9. The Kier molecular flexibility index (Phi) is 5.07. The second-order valence-electron chi connectivity index (χ2n) is 6.65. The molecule has 1 aromatic heterocycles. The van der Waals surface area contributed by atoms with Gasteiger partial charge in [-0.1, -0.05) is 18.2 Å². The van der Waals surface area contributed by atoms with Crippen LogP contribution in [0.5, 0.6) is 5.75 Å². The summed E-state index contributed by atoms with van der Waals surface area (Å²) >= 11 is 1.90. The third-order valence-corrected chi connectivity index (χ3v) is 6.17. The van der Waals surface area contributed by atoms with Gasteiger partial charge in [0.05, 0.1) is 35.9 Å². The maximum Gasteiger partial charge on any atom is 0.229 e. The minimum absolute atomic E-state index is 0.460. The molecule has 0 amide bonds. The number of nitrogens with one attached hydrogen (secondary N) is 2. The quantitative estimate of drug-likeness (QED) is 0.652. The minimum Gasteiger partial charge on any atom is -0.494 e. The molecule has 0 unspecified atom stereocenters. The van der Waals surface area contributed by atoms with Crippen LogP contribution in [0.1, 0.15) is 11.3 Å². The number of para-hydroxylation sites is 1. The summed E-state index contributed by atoms with van der Waals surface area (Å²) in [6.07, 6.45) is 2.08. The van der Waals surface area contributed by atoms with Crippen LogP contribution < -0.4 is 14.8 Å². The van der Waals surface area contributed by atoms with E-state index in [9.17, 15) is 8.42 Å². The Bertz CT molecular complexity index is 1150. The molecular weight excluding hydrogens is 394 g/mol. The molecule has 0 saturated heterocycles. The highest BCUT2D eigenvalue weighted by Crippen LogP contribution is 2.39. The summed E-state index contributed by atoms with van der Waals surface area (Å²) in [5.74, 6) is 2.55. The number of nitrogens with zero attached hydrogens (tertiary/aromatic N) is 1. The zero-order valence-corrected chi connectivity index (χ0v) is 17.3. The predicted molar refractivity (Wildman–Crippen MR) is 116 cm³/mol. The lowest BCUT2D eigenvalue weighted by Gasteiger charge is -2.22. The van der Waals surface area contributed by atoms with E-state index in [2.05, 4.69) is 16.1 Å². The number of ether oxygens (including phenoxy) is 1. The second-order valence-corrected chi connectivity index (χ2v) is 9.50. The van der Waals surface area contributed by atoms with E-state index < -0.39 is 10.0 Å². The molecule has 2 heterocycles. The van der Waals surface area contributed by atoms with Crippen molar-refractivity contribution in [2.45, 2.75) is 12.2 Å². The average molecular weight is 416 g/mol. The van der Waals surface area contributed by atoms with E-state index in [-0.39, 0.29) is 0 Å². The van der Waals surface area contributed by atoms with Crippen molar-refractivity contribution in [3.8, 4) is 5.75 Å². The van der Waals surface area contributed by atoms with E-state index in [4.69, 9.17) is 9.72 Å². The van der Waals surface area contributed by atoms with Gasteiger partial charge in [-0.2, -0.15) is 11.8 Å². The van der Waals surface area contributed by atoms with E-state index in [1.807, 2.05) is 36.0 Å². The van der Waals surface area contributed by atoms with Crippen LogP contribution in [0.2, 0.25) is 0 Å². The van der Waals surface area contributed by atoms with Crippen molar-refractivity contribution in [3.05, 3.63) is 53.7 Å². The molecule has 28 heavy (non-hydrogen) atoms. The standard InChI is InChI=1S/C20H21N3O3S2/c1-26-19-11-13(23-28(2,24)25)7-8-18(19)22-20-14-5-3-4-6-16(14)21-17-9-10-27-12-15(17)20/h3-8,11,23H,9-10,12H2,1-2H3,(H,21,22). The molecule has 4 rings (SSSR count). The maximum atomic E-state index is 11.5. The van der Waals surface area contributed by atoms with Gasteiger partial charge in [-0.3, -0.25) is 9.71 Å². The number of benzene rings is 2. The van der Waals surface area contributed by atoms with Gasteiger partial charge in [0.2, 0.25) is 10.0 Å². The number of hydrogen-bond acceptors (Lipinski definition) is 6. The van der Waals surface area contributed by atoms with Gasteiger partial charge < -0.3 is 10.1 Å². The van der Waals surface area contributed by atoms with Crippen LogP contribution in [0.15, 0.2) is 42.5 Å². The molecule has 2 N–H and O–H groups in total. The lowest BCUT2D eigenvalue weighted by Crippen LogP contribution is -2.11. The number of pyridine rings is 1. The first kappa shape index (κ1) is 18.9. The third kappa shape index (κ3) is 3.88. The topological polar surface area (TPSA) is 80.3 Å². The fourth-order valence-corrected chi connectivity index (χ4v) is 4.91. The second kappa shape index (κ2) is 7.52. The molecule has 1 aliphatic rings. The summed E-state index contributed by atoms with van der Waals surface area (Å²) in [5, 5.41) is 4.59. The normalized spacial score (nSPS) is 13.8. The molecule has 0 atom stereocenters. The molecule has 3 aromatic rings. The number of aryl methyl sites for hydroxylation is 1. The Morgan fingerprint density at radius 1 is 1.18 bits per heavy atom. The zero-order valence-electron chi connectivity index (χ0n) is 15.7. The van der Waals surface area contributed by atoms with Gasteiger partial charge in [0, 0.05) is 28.5 Å². The fourth-order valence-electron chi connectivity index (χ4n) is 3.36. The highest BCUT2D eigenvalue weighted by Gasteiger charge is 2.19. The van der Waals surface area contributed by atoms with Crippen LogP contribution in [0.3, 0.4) is 0 Å². The van der Waals surface area contributed by atoms with Crippen LogP contribution in [-0.4, -0.2) is 32.5 Å². The number of aromatic nitrogens is 1. The van der Waals surface area contributed by atoms with Crippen molar-refractivity contribution in [3.63, 3.8) is 0 Å². The van der Waals surface area contributed by atoms with Crippen LogP contribution in [0, 0.1) is 0 Å². The van der Waals surface area contributed by atoms with Crippen LogP contribution in [-0.2, 0) is 22.2 Å². The first-order chi connectivity index (χ1) is 13.4. The number of hydrogen-bond donors (Lipinski definition) is 2. The third-order valence-electron chi connectivity index (χ3n) is 4.57. The average Bonchev–Trinajstić information content (AvgIpc) is 2.67. The largest absolute Gasteiger partial charge is 0.494 e. The smallest absolute Gasteiger partial charge is 0.229 e. The van der Waals surface area contributed by atoms with E-state index in [0.29, 0.717) is 11.4 Å². The van der Waals surface area contributed by atoms with Gasteiger partial charge in [-0.15, -0.1) is 0 Å². The molecule has 0 fully saturated rings. The lowest BCUT2D eigenvalue weighted by molar-refractivity contribution is 0.417. The first-order valence-electron chi connectivity index (χ1n) is 8.86. The lowest BCUT2D eigenvalue weighted by atomic mass is 10.0. The summed E-state index contributed by atoms with van der Waals surface area (Å²) < 4.78 is 31.0. The molecule has 1 aliphatic heterocycles. The van der Waals surface area contributed by atoms with Gasteiger partial charge in [0.1, 0.15) is 5.75 Å². The van der Waals surface area contributed by atoms with E-state index in [1.165, 1.54) is 5.56 Å². The van der Waals surface area contributed by atoms with Gasteiger partial charge in [0.15, 0.2) is 0 Å². The molecule has 0 spiro atoms. The molecule has 0 saturated carbocycles. The van der Waals surface area contributed by atoms with Crippen molar-refractivity contribution in [1.29, 1.82) is 0 Å². The summed E-state index contributed by atoms with van der Waals surface area (Å²) in [6, 6.07) is 13.3. The summed E-state index contributed by atoms with van der Waals surface area (Å²) in [6.45, 7) is 0. The van der Waals surface area contributed by atoms with E-state index in [1.54, 1.807) is 19.2 Å². The van der Waals surface area contributed by atoms with Crippen molar-refractivity contribution in [2.24, 2.45) is 0 Å². The van der Waals surface area contributed by atoms with E-state index >= 15 is 0 Å². The fraction of sp³-hybridized carbons (Fsp3) is 0.250. The summed E-state index contributed by atoms with van der Waals surface area (Å²) in [4.78, 5) is 4.85. The minimum atomic E-state index is -3.35. The van der Waals surface area contributed by atoms with Gasteiger partial charge in [-0.05, 0) is 30.4 Å². The number of rotatable bonds is 5. The Hall–Kier alpha value is -2.45. The van der Waals surface area contributed by atoms with Crippen molar-refractivity contribution < 1.29 is 13.2 Å².